The summed E-state index contributed by atoms with van der Waals surface area (Å²) in [4.78, 5) is 0. The molecule has 5 aromatic carbocycles. The predicted octanol–water partition coefficient (Wildman–Crippen LogP) is 5.94. The van der Waals surface area contributed by atoms with E-state index in [-0.39, 0.29) is 5.92 Å². The van der Waals surface area contributed by atoms with Gasteiger partial charge in [0.2, 0.25) is 0 Å². The van der Waals surface area contributed by atoms with Gasteiger partial charge in [0.1, 0.15) is 0 Å². The molecule has 4 heteroatoms. The van der Waals surface area contributed by atoms with E-state index in [1.807, 2.05) is 0 Å². The van der Waals surface area contributed by atoms with Crippen molar-refractivity contribution in [3.05, 3.63) is 107 Å². The standard InChI is InChI=1S/C30H18N4/c1-2-4-19-6-21-8-23-10-25-12-27-14-29-17-34-30(16-31-32-33-34)15-28(29)13-26(27)11-24(25)9-22(23)7-20(21)5-18(19)3-1/h1-17,28H. The Morgan fingerprint density at radius 3 is 1.88 bits per heavy atom. The zero-order chi connectivity index (χ0) is 22.2. The van der Waals surface area contributed by atoms with Gasteiger partial charge in [0.05, 0.1) is 11.9 Å². The smallest absolute Gasteiger partial charge is 0.0835 e. The fourth-order valence-electron chi connectivity index (χ4n) is 5.44. The lowest BCUT2D eigenvalue weighted by Gasteiger charge is -2.26. The summed E-state index contributed by atoms with van der Waals surface area (Å²) in [6.45, 7) is 0. The van der Waals surface area contributed by atoms with Gasteiger partial charge in [-0.05, 0) is 130 Å². The molecule has 0 saturated heterocycles. The molecule has 0 N–H and O–H groups in total. The molecule has 2 heterocycles. The normalized spacial score (nSPS) is 18.2. The predicted molar refractivity (Wildman–Crippen MR) is 139 cm³/mol. The summed E-state index contributed by atoms with van der Waals surface area (Å²) >= 11 is 0. The summed E-state index contributed by atoms with van der Waals surface area (Å²) in [7, 11) is 0. The van der Waals surface area contributed by atoms with E-state index >= 15 is 0 Å². The molecule has 2 aliphatic heterocycles. The molecule has 0 fully saturated rings. The van der Waals surface area contributed by atoms with E-state index in [0.29, 0.717) is 0 Å². The largest absolute Gasteiger partial charge is 0.219 e. The summed E-state index contributed by atoms with van der Waals surface area (Å²) in [6, 6.07) is 27.1. The van der Waals surface area contributed by atoms with Crippen LogP contribution in [0.5, 0.6) is 0 Å². The van der Waals surface area contributed by atoms with Crippen LogP contribution >= 0.6 is 0 Å². The zero-order valence-electron chi connectivity index (χ0n) is 18.2. The highest BCUT2D eigenvalue weighted by Gasteiger charge is 2.21. The lowest BCUT2D eigenvalue weighted by Crippen LogP contribution is -2.32. The second-order valence-electron chi connectivity index (χ2n) is 9.25. The minimum atomic E-state index is 0.216. The Balaban J connectivity index is 1.35. The summed E-state index contributed by atoms with van der Waals surface area (Å²) in [5.41, 5.74) is 2.17. The molecule has 0 bridgehead atoms. The molecule has 0 saturated carbocycles. The number of fused-ring (bicyclic) bond motifs is 7. The Morgan fingerprint density at radius 2 is 1.21 bits per heavy atom. The maximum absolute atomic E-state index is 4.11. The second-order valence-corrected chi connectivity index (χ2v) is 9.25. The fourth-order valence-corrected chi connectivity index (χ4v) is 5.44. The lowest BCUT2D eigenvalue weighted by atomic mass is 9.88. The summed E-state index contributed by atoms with van der Waals surface area (Å²) in [5, 5.41) is 26.3. The molecule has 4 nitrogen and oxygen atoms in total. The Kier molecular flexibility index (Phi) is 3.42. The number of nitrogens with zero attached hydrogens (tertiary/aromatic N) is 4. The summed E-state index contributed by atoms with van der Waals surface area (Å²) in [5.74, 6) is 0.216. The van der Waals surface area contributed by atoms with E-state index in [1.54, 1.807) is 11.2 Å². The number of rotatable bonds is 0. The first-order valence-corrected chi connectivity index (χ1v) is 11.5. The number of allylic oxidation sites excluding steroid dienone is 3. The first-order chi connectivity index (χ1) is 16.8. The van der Waals surface area contributed by atoms with Crippen molar-refractivity contribution in [1.82, 2.24) is 5.01 Å². The third kappa shape index (κ3) is 2.63. The summed E-state index contributed by atoms with van der Waals surface area (Å²) < 4.78 is 0. The molecule has 1 aliphatic carbocycles. The van der Waals surface area contributed by atoms with Crippen molar-refractivity contribution >= 4 is 61.5 Å². The van der Waals surface area contributed by atoms with Gasteiger partial charge in [0, 0.05) is 12.1 Å². The van der Waals surface area contributed by atoms with E-state index in [2.05, 4.69) is 113 Å². The van der Waals surface area contributed by atoms with E-state index in [4.69, 9.17) is 0 Å². The van der Waals surface area contributed by atoms with Crippen molar-refractivity contribution in [2.24, 2.45) is 21.5 Å². The molecule has 0 radical (unpaired) electrons. The molecule has 5 aromatic rings. The van der Waals surface area contributed by atoms with Crippen molar-refractivity contribution in [2.45, 2.75) is 0 Å². The van der Waals surface area contributed by atoms with Crippen LogP contribution in [-0.2, 0) is 0 Å². The van der Waals surface area contributed by atoms with Crippen LogP contribution in [0.3, 0.4) is 0 Å². The number of benzene rings is 5. The third-order valence-corrected chi connectivity index (χ3v) is 7.15. The average molecular weight is 435 g/mol. The van der Waals surface area contributed by atoms with Gasteiger partial charge < -0.3 is 0 Å². The highest BCUT2D eigenvalue weighted by atomic mass is 15.6. The molecule has 0 amide bonds. The van der Waals surface area contributed by atoms with Crippen LogP contribution in [0, 0.1) is 5.92 Å². The monoisotopic (exact) mass is 434 g/mol. The van der Waals surface area contributed by atoms with E-state index in [1.165, 1.54) is 59.1 Å². The van der Waals surface area contributed by atoms with Gasteiger partial charge >= 0.3 is 0 Å². The van der Waals surface area contributed by atoms with Gasteiger partial charge in [0.15, 0.2) is 0 Å². The molecule has 0 aromatic heterocycles. The van der Waals surface area contributed by atoms with Gasteiger partial charge in [-0.15, -0.1) is 5.10 Å². The molecule has 0 spiro atoms. The molecular formula is C30H18N4. The Morgan fingerprint density at radius 1 is 0.618 bits per heavy atom. The van der Waals surface area contributed by atoms with Crippen molar-refractivity contribution in [1.29, 1.82) is 0 Å². The molecule has 8 rings (SSSR count). The third-order valence-electron chi connectivity index (χ3n) is 7.15. The Labute approximate surface area is 194 Å². The van der Waals surface area contributed by atoms with Gasteiger partial charge in [-0.25, -0.2) is 5.01 Å². The van der Waals surface area contributed by atoms with Gasteiger partial charge in [0.25, 0.3) is 0 Å². The van der Waals surface area contributed by atoms with E-state index < -0.39 is 0 Å². The quantitative estimate of drug-likeness (QED) is 0.278. The highest BCUT2D eigenvalue weighted by Crippen LogP contribution is 2.31. The van der Waals surface area contributed by atoms with Crippen molar-refractivity contribution in [3.63, 3.8) is 0 Å². The van der Waals surface area contributed by atoms with Crippen LogP contribution in [0.4, 0.5) is 0 Å². The van der Waals surface area contributed by atoms with E-state index in [0.717, 1.165) is 5.70 Å². The van der Waals surface area contributed by atoms with Crippen LogP contribution in [-0.4, -0.2) is 11.2 Å². The highest BCUT2D eigenvalue weighted by molar-refractivity contribution is 6.08. The first kappa shape index (κ1) is 17.9. The molecule has 1 unspecified atom stereocenters. The molecule has 3 aliphatic rings. The van der Waals surface area contributed by atoms with Crippen LogP contribution in [0.1, 0.15) is 0 Å². The van der Waals surface area contributed by atoms with Crippen LogP contribution in [0.15, 0.2) is 112 Å². The zero-order valence-corrected chi connectivity index (χ0v) is 18.2. The molecule has 158 valence electrons. The SMILES string of the molecule is C1=NN=NN2C=C3C=c4cc5cc6cc7cc8ccccc8cc7cc6cc5cc4=CC3C=C12. The van der Waals surface area contributed by atoms with Gasteiger partial charge in [-0.1, -0.05) is 30.3 Å². The van der Waals surface area contributed by atoms with Crippen LogP contribution in [0.25, 0.3) is 55.2 Å². The molecular weight excluding hydrogens is 416 g/mol. The van der Waals surface area contributed by atoms with Crippen molar-refractivity contribution in [3.8, 4) is 0 Å². The Hall–Kier alpha value is -4.57. The summed E-state index contributed by atoms with van der Waals surface area (Å²) in [6.07, 6.45) is 10.6. The van der Waals surface area contributed by atoms with E-state index in [9.17, 15) is 0 Å². The Bertz CT molecular complexity index is 1980. The molecule has 34 heavy (non-hydrogen) atoms. The second kappa shape index (κ2) is 6.49. The van der Waals surface area contributed by atoms with Gasteiger partial charge in [-0.2, -0.15) is 0 Å². The number of hydrogen-bond donors (Lipinski definition) is 0. The minimum Gasteiger partial charge on any atom is -0.219 e. The fraction of sp³-hybridized carbons (Fsp3) is 0.0333. The maximum Gasteiger partial charge on any atom is 0.0835 e. The minimum absolute atomic E-state index is 0.216. The van der Waals surface area contributed by atoms with Crippen LogP contribution < -0.4 is 10.4 Å². The number of hydrogen-bond acceptors (Lipinski definition) is 4. The lowest BCUT2D eigenvalue weighted by molar-refractivity contribution is 0.452. The van der Waals surface area contributed by atoms with Crippen molar-refractivity contribution < 1.29 is 0 Å². The maximum atomic E-state index is 4.11. The topological polar surface area (TPSA) is 40.3 Å². The van der Waals surface area contributed by atoms with Crippen LogP contribution in [0.2, 0.25) is 0 Å². The van der Waals surface area contributed by atoms with Gasteiger partial charge in [-0.3, -0.25) is 0 Å². The van der Waals surface area contributed by atoms with Crippen molar-refractivity contribution in [2.75, 3.05) is 0 Å². The first-order valence-electron chi connectivity index (χ1n) is 11.5. The molecule has 1 atom stereocenters. The average Bonchev–Trinajstić information content (AvgIpc) is 2.86.